The summed E-state index contributed by atoms with van der Waals surface area (Å²) in [5, 5.41) is 11.3. The number of hydrogen-bond donors (Lipinski definition) is 0. The van der Waals surface area contributed by atoms with Crippen molar-refractivity contribution in [3.05, 3.63) is 164 Å². The number of rotatable bonds is 3. The summed E-state index contributed by atoms with van der Waals surface area (Å²) in [5.74, 6) is 0.669. The van der Waals surface area contributed by atoms with E-state index in [9.17, 15) is 0 Å². The molecule has 0 amide bonds. The van der Waals surface area contributed by atoms with Gasteiger partial charge in [0.1, 0.15) is 16.8 Å². The van der Waals surface area contributed by atoms with E-state index >= 15 is 0 Å². The van der Waals surface area contributed by atoms with Crippen LogP contribution in [0, 0.1) is 0 Å². The average Bonchev–Trinajstić information content (AvgIpc) is 3.90. The van der Waals surface area contributed by atoms with Crippen LogP contribution in [0.4, 0.5) is 0 Å². The number of hydrogen-bond acceptors (Lipinski definition) is 4. The molecule has 0 saturated carbocycles. The van der Waals surface area contributed by atoms with Crippen LogP contribution in [0.15, 0.2) is 168 Å². The molecule has 12 aromatic rings. The number of fused-ring (bicyclic) bond motifs is 14. The highest BCUT2D eigenvalue weighted by atomic mass is 32.1. The Hall–Kier alpha value is -6.82. The number of aromatic nitrogens is 3. The Morgan fingerprint density at radius 3 is 1.96 bits per heavy atom. The lowest BCUT2D eigenvalue weighted by Crippen LogP contribution is -1.96. The van der Waals surface area contributed by atoms with Gasteiger partial charge in [-0.3, -0.25) is 0 Å². The zero-order chi connectivity index (χ0) is 34.6. The lowest BCUT2D eigenvalue weighted by Gasteiger charge is -2.11. The van der Waals surface area contributed by atoms with Crippen LogP contribution in [-0.4, -0.2) is 14.5 Å². The molecule has 0 aliphatic rings. The van der Waals surface area contributed by atoms with Crippen molar-refractivity contribution in [2.24, 2.45) is 0 Å². The van der Waals surface area contributed by atoms with Gasteiger partial charge < -0.3 is 8.98 Å². The van der Waals surface area contributed by atoms with Crippen LogP contribution in [0.1, 0.15) is 0 Å². The molecule has 0 fully saturated rings. The Kier molecular flexibility index (Phi) is 5.90. The van der Waals surface area contributed by atoms with Gasteiger partial charge in [-0.15, -0.1) is 11.3 Å². The van der Waals surface area contributed by atoms with Crippen molar-refractivity contribution in [1.82, 2.24) is 14.5 Å². The van der Waals surface area contributed by atoms with Crippen molar-refractivity contribution >= 4 is 96.9 Å². The van der Waals surface area contributed by atoms with Crippen LogP contribution in [0.5, 0.6) is 0 Å². The highest BCUT2D eigenvalue weighted by Crippen LogP contribution is 2.44. The molecule has 8 aromatic carbocycles. The molecule has 0 radical (unpaired) electrons. The molecule has 0 N–H and O–H groups in total. The fourth-order valence-electron chi connectivity index (χ4n) is 8.46. The predicted molar refractivity (Wildman–Crippen MR) is 222 cm³/mol. The van der Waals surface area contributed by atoms with E-state index in [0.29, 0.717) is 11.4 Å². The summed E-state index contributed by atoms with van der Waals surface area (Å²) in [4.78, 5) is 10.2. The van der Waals surface area contributed by atoms with E-state index in [-0.39, 0.29) is 0 Å². The van der Waals surface area contributed by atoms with Crippen LogP contribution < -0.4 is 0 Å². The molecular formula is C48H27N3OS. The first kappa shape index (κ1) is 28.8. The molecule has 0 aliphatic carbocycles. The van der Waals surface area contributed by atoms with Gasteiger partial charge in [0.25, 0.3) is 0 Å². The quantitative estimate of drug-likeness (QED) is 0.173. The molecule has 246 valence electrons. The summed E-state index contributed by atoms with van der Waals surface area (Å²) < 4.78 is 11.4. The number of para-hydroxylation sites is 2. The van der Waals surface area contributed by atoms with E-state index in [2.05, 4.69) is 132 Å². The zero-order valence-corrected chi connectivity index (χ0v) is 29.1. The van der Waals surface area contributed by atoms with Crippen molar-refractivity contribution in [3.8, 4) is 28.3 Å². The van der Waals surface area contributed by atoms with Gasteiger partial charge in [-0.05, 0) is 82.2 Å². The molecular weight excluding hydrogens is 667 g/mol. The molecule has 0 aliphatic heterocycles. The minimum atomic E-state index is 0.669. The number of furan rings is 1. The van der Waals surface area contributed by atoms with E-state index in [0.717, 1.165) is 39.0 Å². The second kappa shape index (κ2) is 10.8. The van der Waals surface area contributed by atoms with Gasteiger partial charge in [0.2, 0.25) is 0 Å². The number of nitrogens with zero attached hydrogens (tertiary/aromatic N) is 3. The average molecular weight is 694 g/mol. The molecule has 5 heteroatoms. The standard InChI is InChI=1S/C48H27N3OS/c1-2-10-28(11-3-1)45-47-46(36-13-5-8-16-40(36)52-47)50-48(49-45)29-18-20-30(21-19-29)51-38-15-7-4-12-35(38)43-33-22-23-34-32(31(33)24-26-39(43)51)25-27-42-44(34)37-14-6-9-17-41(37)53-42/h1-27H. The highest BCUT2D eigenvalue weighted by molar-refractivity contribution is 7.26. The van der Waals surface area contributed by atoms with E-state index in [1.807, 2.05) is 47.7 Å². The van der Waals surface area contributed by atoms with Crippen LogP contribution in [0.25, 0.3) is 114 Å². The Bertz CT molecular complexity index is 3450. The topological polar surface area (TPSA) is 43.9 Å². The molecule has 4 nitrogen and oxygen atoms in total. The Morgan fingerprint density at radius 2 is 1.11 bits per heavy atom. The Balaban J connectivity index is 1.04. The van der Waals surface area contributed by atoms with Gasteiger partial charge in [-0.2, -0.15) is 0 Å². The molecule has 0 unspecified atom stereocenters. The smallest absolute Gasteiger partial charge is 0.180 e. The number of benzene rings is 8. The van der Waals surface area contributed by atoms with Crippen LogP contribution in [0.3, 0.4) is 0 Å². The summed E-state index contributed by atoms with van der Waals surface area (Å²) in [6.45, 7) is 0. The van der Waals surface area contributed by atoms with Crippen molar-refractivity contribution in [2.45, 2.75) is 0 Å². The van der Waals surface area contributed by atoms with Crippen LogP contribution in [0.2, 0.25) is 0 Å². The lowest BCUT2D eigenvalue weighted by atomic mass is 9.96. The molecule has 53 heavy (non-hydrogen) atoms. The highest BCUT2D eigenvalue weighted by Gasteiger charge is 2.20. The molecule has 0 bridgehead atoms. The van der Waals surface area contributed by atoms with Gasteiger partial charge in [-0.1, -0.05) is 103 Å². The summed E-state index contributed by atoms with van der Waals surface area (Å²) >= 11 is 1.87. The van der Waals surface area contributed by atoms with Gasteiger partial charge in [0.05, 0.1) is 11.0 Å². The first-order valence-corrected chi connectivity index (χ1v) is 18.6. The van der Waals surface area contributed by atoms with Crippen molar-refractivity contribution < 1.29 is 4.42 Å². The van der Waals surface area contributed by atoms with Crippen LogP contribution >= 0.6 is 11.3 Å². The normalized spacial score (nSPS) is 12.2. The number of thiophene rings is 1. The van der Waals surface area contributed by atoms with Gasteiger partial charge in [0.15, 0.2) is 11.4 Å². The monoisotopic (exact) mass is 693 g/mol. The Labute approximate surface area is 306 Å². The van der Waals surface area contributed by atoms with Gasteiger partial charge in [-0.25, -0.2) is 9.97 Å². The lowest BCUT2D eigenvalue weighted by molar-refractivity contribution is 0.667. The summed E-state index contributed by atoms with van der Waals surface area (Å²) in [6.07, 6.45) is 0. The van der Waals surface area contributed by atoms with E-state index < -0.39 is 0 Å². The van der Waals surface area contributed by atoms with E-state index in [1.54, 1.807) is 0 Å². The maximum atomic E-state index is 6.34. The van der Waals surface area contributed by atoms with E-state index in [4.69, 9.17) is 14.4 Å². The SMILES string of the molecule is c1ccc(-c2nc(-c3ccc(-n4c5ccccc5c5c6ccc7c(ccc8sc9ccccc9c87)c6ccc54)cc3)nc3c2oc2ccccc23)cc1. The summed E-state index contributed by atoms with van der Waals surface area (Å²) in [7, 11) is 0. The minimum absolute atomic E-state index is 0.669. The first-order chi connectivity index (χ1) is 26.3. The zero-order valence-electron chi connectivity index (χ0n) is 28.2. The van der Waals surface area contributed by atoms with Crippen molar-refractivity contribution in [3.63, 3.8) is 0 Å². The second-order valence-corrected chi connectivity index (χ2v) is 14.8. The maximum absolute atomic E-state index is 6.34. The van der Waals surface area contributed by atoms with Gasteiger partial charge >= 0.3 is 0 Å². The van der Waals surface area contributed by atoms with Crippen LogP contribution in [-0.2, 0) is 0 Å². The third kappa shape index (κ3) is 4.11. The van der Waals surface area contributed by atoms with Gasteiger partial charge in [0, 0.05) is 53.1 Å². The maximum Gasteiger partial charge on any atom is 0.180 e. The molecule has 4 heterocycles. The second-order valence-electron chi connectivity index (χ2n) is 13.7. The first-order valence-electron chi connectivity index (χ1n) is 17.8. The van der Waals surface area contributed by atoms with Crippen molar-refractivity contribution in [1.29, 1.82) is 0 Å². The van der Waals surface area contributed by atoms with E-state index in [1.165, 1.54) is 63.5 Å². The molecule has 0 spiro atoms. The largest absolute Gasteiger partial charge is 0.452 e. The third-order valence-corrected chi connectivity index (χ3v) is 12.0. The fraction of sp³-hybridized carbons (Fsp3) is 0. The minimum Gasteiger partial charge on any atom is -0.452 e. The fourth-order valence-corrected chi connectivity index (χ4v) is 9.58. The molecule has 4 aromatic heterocycles. The third-order valence-electron chi connectivity index (χ3n) is 10.8. The summed E-state index contributed by atoms with van der Waals surface area (Å²) in [5.41, 5.74) is 8.52. The molecule has 0 atom stereocenters. The molecule has 12 rings (SSSR count). The molecule has 0 saturated heterocycles. The summed E-state index contributed by atoms with van der Waals surface area (Å²) in [6, 6.07) is 58.4. The Morgan fingerprint density at radius 1 is 0.434 bits per heavy atom. The van der Waals surface area contributed by atoms with Crippen molar-refractivity contribution in [2.75, 3.05) is 0 Å². The predicted octanol–water partition coefficient (Wildman–Crippen LogP) is 13.5.